The Morgan fingerprint density at radius 3 is 2.60 bits per heavy atom. The first kappa shape index (κ1) is 11.6. The van der Waals surface area contributed by atoms with Gasteiger partial charge in [0.1, 0.15) is 6.10 Å². The Hall–Kier alpha value is -1.45. The van der Waals surface area contributed by atoms with Gasteiger partial charge >= 0.3 is 6.09 Å². The molecule has 84 valence electrons. The summed E-state index contributed by atoms with van der Waals surface area (Å²) in [5, 5.41) is 0. The molecule has 4 nitrogen and oxygen atoms in total. The molecule has 0 aromatic carbocycles. The third kappa shape index (κ3) is 3.65. The first-order valence-corrected chi connectivity index (χ1v) is 5.28. The maximum atomic E-state index is 11.6. The normalized spacial score (nSPS) is 17.6. The smallest absolute Gasteiger partial charge is 0.418 e. The van der Waals surface area contributed by atoms with Crippen molar-refractivity contribution < 1.29 is 9.53 Å². The number of carbonyl (C=O) groups excluding carboxylic acids is 1. The zero-order valence-electron chi connectivity index (χ0n) is 8.89. The summed E-state index contributed by atoms with van der Waals surface area (Å²) in [4.78, 5) is 12.8. The van der Waals surface area contributed by atoms with Gasteiger partial charge in [0.05, 0.1) is 0 Å². The molecule has 0 aliphatic heterocycles. The molecule has 0 atom stereocenters. The minimum atomic E-state index is -0.404. The van der Waals surface area contributed by atoms with Crippen LogP contribution in [0.1, 0.15) is 32.1 Å². The molecule has 1 saturated carbocycles. The van der Waals surface area contributed by atoms with Crippen LogP contribution in [0.25, 0.3) is 0 Å². The molecule has 1 amide bonds. The number of amides is 1. The zero-order valence-corrected chi connectivity index (χ0v) is 8.89. The van der Waals surface area contributed by atoms with Crippen LogP contribution in [-0.2, 0) is 4.74 Å². The molecule has 0 unspecified atom stereocenters. The van der Waals surface area contributed by atoms with E-state index in [2.05, 4.69) is 6.58 Å². The Morgan fingerprint density at radius 1 is 1.40 bits per heavy atom. The molecular weight excluding hydrogens is 192 g/mol. The van der Waals surface area contributed by atoms with E-state index in [1.165, 1.54) is 29.9 Å². The maximum absolute atomic E-state index is 11.6. The minimum absolute atomic E-state index is 0.0554. The molecule has 0 radical (unpaired) electrons. The Bertz CT molecular complexity index is 245. The first-order valence-electron chi connectivity index (χ1n) is 5.28. The topological polar surface area (TPSA) is 55.6 Å². The van der Waals surface area contributed by atoms with Crippen molar-refractivity contribution in [3.8, 4) is 0 Å². The van der Waals surface area contributed by atoms with Gasteiger partial charge in [-0.3, -0.25) is 4.90 Å². The number of nitrogens with two attached hydrogens (primary N) is 1. The van der Waals surface area contributed by atoms with Gasteiger partial charge in [0.15, 0.2) is 0 Å². The van der Waals surface area contributed by atoms with Gasteiger partial charge in [-0.1, -0.05) is 13.0 Å². The van der Waals surface area contributed by atoms with Crippen molar-refractivity contribution in [3.63, 3.8) is 0 Å². The number of hydrogen-bond donors (Lipinski definition) is 1. The minimum Gasteiger partial charge on any atom is -0.446 e. The Labute approximate surface area is 90.4 Å². The standard InChI is InChI=1S/C11H18N2O2/c1-2-13(9-8-12)11(14)15-10-6-4-3-5-7-10/h2,8-10H,1,3-7,12H2/b9-8-. The molecule has 0 aromatic heterocycles. The van der Waals surface area contributed by atoms with Gasteiger partial charge in [0.2, 0.25) is 0 Å². The highest BCUT2D eigenvalue weighted by atomic mass is 16.6. The van der Waals surface area contributed by atoms with E-state index in [1.54, 1.807) is 0 Å². The van der Waals surface area contributed by atoms with Crippen molar-refractivity contribution >= 4 is 6.09 Å². The van der Waals surface area contributed by atoms with E-state index in [0.29, 0.717) is 0 Å². The zero-order chi connectivity index (χ0) is 11.1. The number of rotatable bonds is 3. The van der Waals surface area contributed by atoms with Crippen LogP contribution in [0.2, 0.25) is 0 Å². The molecule has 1 rings (SSSR count). The van der Waals surface area contributed by atoms with E-state index in [1.807, 2.05) is 0 Å². The summed E-state index contributed by atoms with van der Waals surface area (Å²) in [5.41, 5.74) is 5.20. The van der Waals surface area contributed by atoms with Crippen molar-refractivity contribution in [1.82, 2.24) is 4.90 Å². The highest BCUT2D eigenvalue weighted by molar-refractivity contribution is 5.70. The summed E-state index contributed by atoms with van der Waals surface area (Å²) in [6.07, 6.45) is 9.18. The van der Waals surface area contributed by atoms with Crippen LogP contribution < -0.4 is 5.73 Å². The van der Waals surface area contributed by atoms with E-state index in [9.17, 15) is 4.79 Å². The van der Waals surface area contributed by atoms with Crippen LogP contribution in [0.15, 0.2) is 25.2 Å². The third-order valence-electron chi connectivity index (χ3n) is 2.47. The van der Waals surface area contributed by atoms with Gasteiger partial charge in [-0.05, 0) is 25.7 Å². The largest absolute Gasteiger partial charge is 0.446 e. The Morgan fingerprint density at radius 2 is 2.07 bits per heavy atom. The van der Waals surface area contributed by atoms with E-state index in [0.717, 1.165) is 25.7 Å². The van der Waals surface area contributed by atoms with E-state index >= 15 is 0 Å². The lowest BCUT2D eigenvalue weighted by Crippen LogP contribution is -2.28. The molecule has 0 heterocycles. The summed E-state index contributed by atoms with van der Waals surface area (Å²) < 4.78 is 5.31. The van der Waals surface area contributed by atoms with Crippen LogP contribution >= 0.6 is 0 Å². The van der Waals surface area contributed by atoms with Crippen LogP contribution in [0.4, 0.5) is 4.79 Å². The summed E-state index contributed by atoms with van der Waals surface area (Å²) >= 11 is 0. The second-order valence-electron chi connectivity index (χ2n) is 3.58. The van der Waals surface area contributed by atoms with Gasteiger partial charge in [0.25, 0.3) is 0 Å². The number of ether oxygens (including phenoxy) is 1. The lowest BCUT2D eigenvalue weighted by Gasteiger charge is -2.23. The van der Waals surface area contributed by atoms with Crippen LogP contribution in [-0.4, -0.2) is 17.1 Å². The predicted molar refractivity (Wildman–Crippen MR) is 58.7 cm³/mol. The molecule has 0 spiro atoms. The van der Waals surface area contributed by atoms with Crippen molar-refractivity contribution in [2.45, 2.75) is 38.2 Å². The Balaban J connectivity index is 2.41. The monoisotopic (exact) mass is 210 g/mol. The molecule has 1 aliphatic rings. The number of hydrogen-bond acceptors (Lipinski definition) is 3. The van der Waals surface area contributed by atoms with E-state index < -0.39 is 6.09 Å². The summed E-state index contributed by atoms with van der Waals surface area (Å²) in [6, 6.07) is 0. The second kappa shape index (κ2) is 6.11. The number of nitrogens with zero attached hydrogens (tertiary/aromatic N) is 1. The first-order chi connectivity index (χ1) is 7.27. The third-order valence-corrected chi connectivity index (χ3v) is 2.47. The average molecular weight is 210 g/mol. The van der Waals surface area contributed by atoms with E-state index in [4.69, 9.17) is 10.5 Å². The molecule has 0 bridgehead atoms. The molecule has 0 aromatic rings. The fraction of sp³-hybridized carbons (Fsp3) is 0.545. The molecule has 0 saturated heterocycles. The summed E-state index contributed by atoms with van der Waals surface area (Å²) in [6.45, 7) is 3.51. The van der Waals surface area contributed by atoms with Crippen molar-refractivity contribution in [2.24, 2.45) is 5.73 Å². The summed E-state index contributed by atoms with van der Waals surface area (Å²) in [5.74, 6) is 0. The lowest BCUT2D eigenvalue weighted by molar-refractivity contribution is 0.0622. The molecule has 4 heteroatoms. The van der Waals surface area contributed by atoms with Crippen molar-refractivity contribution in [2.75, 3.05) is 0 Å². The number of carbonyl (C=O) groups is 1. The molecule has 2 N–H and O–H groups in total. The van der Waals surface area contributed by atoms with E-state index in [-0.39, 0.29) is 6.10 Å². The molecular formula is C11H18N2O2. The predicted octanol–water partition coefficient (Wildman–Crippen LogP) is 2.33. The quantitative estimate of drug-likeness (QED) is 0.777. The molecule has 1 aliphatic carbocycles. The molecule has 1 fully saturated rings. The molecule has 15 heavy (non-hydrogen) atoms. The summed E-state index contributed by atoms with van der Waals surface area (Å²) in [7, 11) is 0. The van der Waals surface area contributed by atoms with Crippen LogP contribution in [0.5, 0.6) is 0 Å². The fourth-order valence-electron chi connectivity index (χ4n) is 1.68. The second-order valence-corrected chi connectivity index (χ2v) is 3.58. The van der Waals surface area contributed by atoms with Crippen LogP contribution in [0, 0.1) is 0 Å². The van der Waals surface area contributed by atoms with Crippen LogP contribution in [0.3, 0.4) is 0 Å². The van der Waals surface area contributed by atoms with Gasteiger partial charge < -0.3 is 10.5 Å². The van der Waals surface area contributed by atoms with Gasteiger partial charge in [-0.15, -0.1) is 0 Å². The highest BCUT2D eigenvalue weighted by Gasteiger charge is 2.19. The van der Waals surface area contributed by atoms with Crippen molar-refractivity contribution in [3.05, 3.63) is 25.2 Å². The maximum Gasteiger partial charge on any atom is 0.418 e. The van der Waals surface area contributed by atoms with Gasteiger partial charge in [-0.2, -0.15) is 0 Å². The lowest BCUT2D eigenvalue weighted by atomic mass is 9.98. The van der Waals surface area contributed by atoms with Crippen molar-refractivity contribution in [1.29, 1.82) is 0 Å². The van der Waals surface area contributed by atoms with Gasteiger partial charge in [0, 0.05) is 18.6 Å². The van der Waals surface area contributed by atoms with Gasteiger partial charge in [-0.25, -0.2) is 4.79 Å². The Kier molecular flexibility index (Phi) is 4.74. The highest BCUT2D eigenvalue weighted by Crippen LogP contribution is 2.21. The fourth-order valence-corrected chi connectivity index (χ4v) is 1.68. The average Bonchev–Trinajstić information content (AvgIpc) is 2.27. The SMILES string of the molecule is C=CN(/C=C\N)C(=O)OC1CCCCC1.